The Labute approximate surface area is 150 Å². The van der Waals surface area contributed by atoms with E-state index in [0.717, 1.165) is 15.4 Å². The van der Waals surface area contributed by atoms with Crippen LogP contribution in [0.1, 0.15) is 15.4 Å². The molecule has 4 aromatic rings. The molecule has 0 fully saturated rings. The largest absolute Gasteiger partial charge is 0.288 e. The van der Waals surface area contributed by atoms with Gasteiger partial charge in [-0.1, -0.05) is 0 Å². The first-order valence-electron chi connectivity index (χ1n) is 7.33. The topological polar surface area (TPSA) is 101 Å². The number of thiazole rings is 1. The number of hydrogen-bond acceptors (Lipinski definition) is 7. The van der Waals surface area contributed by atoms with E-state index in [1.165, 1.54) is 16.2 Å². The summed E-state index contributed by atoms with van der Waals surface area (Å²) in [4.78, 5) is 23.1. The lowest BCUT2D eigenvalue weighted by Gasteiger charge is -1.96. The minimum Gasteiger partial charge on any atom is -0.288 e. The van der Waals surface area contributed by atoms with Crippen LogP contribution < -0.4 is 5.32 Å². The first kappa shape index (κ1) is 15.7. The molecule has 1 amide bonds. The summed E-state index contributed by atoms with van der Waals surface area (Å²) in [5.74, 6) is 0.504. The minimum absolute atomic E-state index is 0.224. The normalized spacial score (nSPS) is 11.0. The van der Waals surface area contributed by atoms with Crippen molar-refractivity contribution >= 4 is 34.5 Å². The third kappa shape index (κ3) is 3.21. The van der Waals surface area contributed by atoms with Gasteiger partial charge in [-0.3, -0.25) is 19.9 Å². The van der Waals surface area contributed by atoms with Crippen molar-refractivity contribution in [1.29, 1.82) is 0 Å². The zero-order valence-electron chi connectivity index (χ0n) is 13.3. The molecule has 0 atom stereocenters. The highest BCUT2D eigenvalue weighted by Gasteiger charge is 2.15. The van der Waals surface area contributed by atoms with Crippen LogP contribution in [-0.2, 0) is 7.05 Å². The highest BCUT2D eigenvalue weighted by atomic mass is 32.1. The SMILES string of the molecule is Cc1ccc(-c2nc(NC(=O)c3csc(-c4cnn(C)c4)n3)n[nH]2)s1. The van der Waals surface area contributed by atoms with Gasteiger partial charge >= 0.3 is 0 Å². The Hall–Kier alpha value is -2.85. The molecule has 0 bridgehead atoms. The number of thiophene rings is 1. The van der Waals surface area contributed by atoms with E-state index in [9.17, 15) is 4.79 Å². The van der Waals surface area contributed by atoms with E-state index in [1.54, 1.807) is 27.6 Å². The van der Waals surface area contributed by atoms with Gasteiger partial charge in [-0.2, -0.15) is 10.1 Å². The predicted octanol–water partition coefficient (Wildman–Crippen LogP) is 2.95. The second-order valence-electron chi connectivity index (χ2n) is 5.31. The van der Waals surface area contributed by atoms with E-state index in [2.05, 4.69) is 30.6 Å². The monoisotopic (exact) mass is 371 g/mol. The molecular formula is C15H13N7OS2. The molecule has 4 heterocycles. The molecule has 0 aliphatic rings. The molecular weight excluding hydrogens is 358 g/mol. The molecule has 0 saturated heterocycles. The van der Waals surface area contributed by atoms with Crippen LogP contribution in [0.3, 0.4) is 0 Å². The van der Waals surface area contributed by atoms with Crippen molar-refractivity contribution < 1.29 is 4.79 Å². The number of carbonyl (C=O) groups excluding carboxylic acids is 1. The number of nitrogens with one attached hydrogen (secondary N) is 2. The number of carbonyl (C=O) groups is 1. The third-order valence-electron chi connectivity index (χ3n) is 3.37. The molecule has 10 heteroatoms. The maximum atomic E-state index is 12.3. The number of nitrogens with zero attached hydrogens (tertiary/aromatic N) is 5. The van der Waals surface area contributed by atoms with E-state index in [4.69, 9.17) is 0 Å². The second-order valence-corrected chi connectivity index (χ2v) is 7.46. The van der Waals surface area contributed by atoms with Crippen LogP contribution in [-0.4, -0.2) is 35.9 Å². The number of rotatable bonds is 4. The molecule has 0 spiro atoms. The summed E-state index contributed by atoms with van der Waals surface area (Å²) in [6, 6.07) is 3.97. The first-order chi connectivity index (χ1) is 12.1. The lowest BCUT2D eigenvalue weighted by molar-refractivity contribution is 0.102. The van der Waals surface area contributed by atoms with Crippen LogP contribution in [0, 0.1) is 6.92 Å². The van der Waals surface area contributed by atoms with Gasteiger partial charge in [-0.15, -0.1) is 27.8 Å². The van der Waals surface area contributed by atoms with Crippen molar-refractivity contribution in [1.82, 2.24) is 29.9 Å². The molecule has 0 aliphatic heterocycles. The maximum Gasteiger partial charge on any atom is 0.277 e. The van der Waals surface area contributed by atoms with Crippen molar-refractivity contribution in [3.8, 4) is 21.3 Å². The van der Waals surface area contributed by atoms with Crippen molar-refractivity contribution in [2.24, 2.45) is 7.05 Å². The van der Waals surface area contributed by atoms with Crippen LogP contribution in [0.15, 0.2) is 29.9 Å². The summed E-state index contributed by atoms with van der Waals surface area (Å²) in [5, 5.41) is 16.1. The zero-order chi connectivity index (χ0) is 17.4. The van der Waals surface area contributed by atoms with Gasteiger partial charge in [0.15, 0.2) is 5.82 Å². The van der Waals surface area contributed by atoms with Crippen LogP contribution >= 0.6 is 22.7 Å². The Morgan fingerprint density at radius 1 is 1.32 bits per heavy atom. The molecule has 126 valence electrons. The lowest BCUT2D eigenvalue weighted by Crippen LogP contribution is -2.13. The molecule has 4 aromatic heterocycles. The molecule has 0 unspecified atom stereocenters. The molecule has 0 radical (unpaired) electrons. The van der Waals surface area contributed by atoms with Crippen molar-refractivity contribution in [2.75, 3.05) is 5.32 Å². The summed E-state index contributed by atoms with van der Waals surface area (Å²) in [6.07, 6.45) is 3.57. The lowest BCUT2D eigenvalue weighted by atomic mass is 10.4. The first-order valence-corrected chi connectivity index (χ1v) is 9.03. The average Bonchev–Trinajstić information content (AvgIpc) is 3.32. The smallest absolute Gasteiger partial charge is 0.277 e. The van der Waals surface area contributed by atoms with Gasteiger partial charge in [-0.05, 0) is 19.1 Å². The number of anilines is 1. The Bertz CT molecular complexity index is 1040. The number of aryl methyl sites for hydroxylation is 2. The van der Waals surface area contributed by atoms with E-state index < -0.39 is 0 Å². The van der Waals surface area contributed by atoms with Gasteiger partial charge in [0.05, 0.1) is 11.1 Å². The highest BCUT2D eigenvalue weighted by Crippen LogP contribution is 2.26. The molecule has 0 aromatic carbocycles. The van der Waals surface area contributed by atoms with Gasteiger partial charge in [0, 0.05) is 29.1 Å². The summed E-state index contributed by atoms with van der Waals surface area (Å²) in [5.41, 5.74) is 1.20. The van der Waals surface area contributed by atoms with E-state index in [-0.39, 0.29) is 11.9 Å². The van der Waals surface area contributed by atoms with Crippen molar-refractivity contribution in [2.45, 2.75) is 6.92 Å². The number of amides is 1. The van der Waals surface area contributed by atoms with Crippen molar-refractivity contribution in [3.63, 3.8) is 0 Å². The minimum atomic E-state index is -0.348. The van der Waals surface area contributed by atoms with Crippen LogP contribution in [0.2, 0.25) is 0 Å². The molecule has 0 saturated carbocycles. The third-order valence-corrected chi connectivity index (χ3v) is 5.27. The van der Waals surface area contributed by atoms with Crippen LogP contribution in [0.5, 0.6) is 0 Å². The fraction of sp³-hybridized carbons (Fsp3) is 0.133. The van der Waals surface area contributed by atoms with E-state index in [1.807, 2.05) is 32.3 Å². The summed E-state index contributed by atoms with van der Waals surface area (Å²) >= 11 is 2.99. The molecule has 8 nitrogen and oxygen atoms in total. The van der Waals surface area contributed by atoms with E-state index >= 15 is 0 Å². The fourth-order valence-corrected chi connectivity index (χ4v) is 3.78. The van der Waals surface area contributed by atoms with Gasteiger partial charge in [0.1, 0.15) is 10.7 Å². The molecule has 4 rings (SSSR count). The summed E-state index contributed by atoms with van der Waals surface area (Å²) in [6.45, 7) is 2.02. The molecule has 25 heavy (non-hydrogen) atoms. The quantitative estimate of drug-likeness (QED) is 0.574. The molecule has 2 N–H and O–H groups in total. The van der Waals surface area contributed by atoms with Crippen LogP contribution in [0.4, 0.5) is 5.95 Å². The average molecular weight is 371 g/mol. The summed E-state index contributed by atoms with van der Waals surface area (Å²) in [7, 11) is 1.83. The molecule has 0 aliphatic carbocycles. The maximum absolute atomic E-state index is 12.3. The zero-order valence-corrected chi connectivity index (χ0v) is 15.0. The Morgan fingerprint density at radius 3 is 2.92 bits per heavy atom. The Balaban J connectivity index is 1.49. The van der Waals surface area contributed by atoms with Gasteiger partial charge in [0.2, 0.25) is 5.95 Å². The number of H-pyrrole nitrogens is 1. The standard InChI is InChI=1S/C15H13N7OS2/c1-8-3-4-11(25-8)12-18-15(21-20-12)19-13(23)10-7-24-14(17-10)9-5-16-22(2)6-9/h3-7H,1-2H3,(H2,18,19,20,21,23). The Morgan fingerprint density at radius 2 is 2.20 bits per heavy atom. The number of aromatic amines is 1. The number of aromatic nitrogens is 6. The Kier molecular flexibility index (Phi) is 3.90. The fourth-order valence-electron chi connectivity index (χ4n) is 2.20. The van der Waals surface area contributed by atoms with Crippen molar-refractivity contribution in [3.05, 3.63) is 40.5 Å². The van der Waals surface area contributed by atoms with Gasteiger partial charge in [-0.25, -0.2) is 4.98 Å². The summed E-state index contributed by atoms with van der Waals surface area (Å²) < 4.78 is 1.69. The highest BCUT2D eigenvalue weighted by molar-refractivity contribution is 7.15. The van der Waals surface area contributed by atoms with E-state index in [0.29, 0.717) is 11.5 Å². The number of hydrogen-bond donors (Lipinski definition) is 2. The predicted molar refractivity (Wildman–Crippen MR) is 96.7 cm³/mol. The second kappa shape index (κ2) is 6.22. The van der Waals surface area contributed by atoms with Crippen LogP contribution in [0.25, 0.3) is 21.3 Å². The van der Waals surface area contributed by atoms with Gasteiger partial charge < -0.3 is 0 Å². The van der Waals surface area contributed by atoms with Gasteiger partial charge in [0.25, 0.3) is 5.91 Å².